The van der Waals surface area contributed by atoms with Gasteiger partial charge in [-0.1, -0.05) is 0 Å². The molecule has 0 saturated heterocycles. The fraction of sp³-hybridized carbons (Fsp3) is 0.471. The minimum absolute atomic E-state index is 0.257. The normalized spacial score (nSPS) is 16.6. The molecule has 1 aromatic carbocycles. The monoisotopic (exact) mass is 318 g/mol. The van der Waals surface area contributed by atoms with E-state index < -0.39 is 0 Å². The van der Waals surface area contributed by atoms with E-state index in [0.29, 0.717) is 6.61 Å². The van der Waals surface area contributed by atoms with Crippen LogP contribution in [-0.2, 0) is 19.5 Å². The number of nitrogens with zero attached hydrogens (tertiary/aromatic N) is 2. The van der Waals surface area contributed by atoms with Crippen molar-refractivity contribution in [1.29, 1.82) is 0 Å². The van der Waals surface area contributed by atoms with E-state index in [1.54, 1.807) is 11.3 Å². The van der Waals surface area contributed by atoms with E-state index in [2.05, 4.69) is 36.0 Å². The summed E-state index contributed by atoms with van der Waals surface area (Å²) in [6, 6.07) is 4.29. The predicted octanol–water partition coefficient (Wildman–Crippen LogP) is 3.50. The molecule has 0 bridgehead atoms. The van der Waals surface area contributed by atoms with Crippen molar-refractivity contribution in [2.24, 2.45) is 0 Å². The highest BCUT2D eigenvalue weighted by Crippen LogP contribution is 2.35. The summed E-state index contributed by atoms with van der Waals surface area (Å²) in [6.45, 7) is 6.47. The van der Waals surface area contributed by atoms with E-state index in [4.69, 9.17) is 9.47 Å². The second kappa shape index (κ2) is 6.67. The van der Waals surface area contributed by atoms with Gasteiger partial charge < -0.3 is 9.47 Å². The van der Waals surface area contributed by atoms with Crippen molar-refractivity contribution < 1.29 is 9.47 Å². The zero-order chi connectivity index (χ0) is 15.5. The molecule has 1 aliphatic heterocycles. The largest absolute Gasteiger partial charge is 0.494 e. The molecule has 2 heterocycles. The van der Waals surface area contributed by atoms with Gasteiger partial charge in [0.1, 0.15) is 22.6 Å². The Morgan fingerprint density at radius 2 is 2.27 bits per heavy atom. The van der Waals surface area contributed by atoms with Crippen molar-refractivity contribution in [2.45, 2.75) is 39.5 Å². The molecule has 1 aromatic heterocycles. The maximum Gasteiger partial charge on any atom is 0.124 e. The van der Waals surface area contributed by atoms with Crippen molar-refractivity contribution in [2.75, 3.05) is 13.7 Å². The van der Waals surface area contributed by atoms with Crippen LogP contribution < -0.4 is 9.47 Å². The van der Waals surface area contributed by atoms with Crippen LogP contribution in [0.3, 0.4) is 0 Å². The van der Waals surface area contributed by atoms with Crippen LogP contribution in [0.1, 0.15) is 30.0 Å². The van der Waals surface area contributed by atoms with Crippen LogP contribution >= 0.6 is 11.3 Å². The number of thiazole rings is 1. The molecule has 0 fully saturated rings. The van der Waals surface area contributed by atoms with Crippen LogP contribution in [0.5, 0.6) is 11.5 Å². The second-order valence-electron chi connectivity index (χ2n) is 5.73. The molecule has 2 aromatic rings. The molecule has 0 saturated carbocycles. The maximum atomic E-state index is 5.88. The molecule has 22 heavy (non-hydrogen) atoms. The standard InChI is InChI=1S/C17H22N2O2S/c1-4-20-15-8-13-7-12(2)21-16(13)9-14(15)10-19(3)11-17-18-5-6-22-17/h5-6,8-9,12H,4,7,10-11H2,1-3H3. The SMILES string of the molecule is CCOc1cc2c(cc1CN(C)Cc1nccs1)OC(C)C2. The van der Waals surface area contributed by atoms with Gasteiger partial charge in [-0.05, 0) is 33.0 Å². The summed E-state index contributed by atoms with van der Waals surface area (Å²) >= 11 is 1.69. The number of fused-ring (bicyclic) bond motifs is 1. The molecule has 1 atom stereocenters. The molecule has 0 spiro atoms. The minimum atomic E-state index is 0.257. The highest BCUT2D eigenvalue weighted by Gasteiger charge is 2.22. The van der Waals surface area contributed by atoms with Crippen LogP contribution in [0.2, 0.25) is 0 Å². The summed E-state index contributed by atoms with van der Waals surface area (Å²) in [4.78, 5) is 6.60. The summed E-state index contributed by atoms with van der Waals surface area (Å²) in [7, 11) is 2.10. The van der Waals surface area contributed by atoms with Gasteiger partial charge in [-0.15, -0.1) is 11.3 Å². The van der Waals surface area contributed by atoms with Crippen LogP contribution in [0, 0.1) is 0 Å². The Kier molecular flexibility index (Phi) is 4.64. The first-order chi connectivity index (χ1) is 10.7. The van der Waals surface area contributed by atoms with Gasteiger partial charge in [0.15, 0.2) is 0 Å². The Morgan fingerprint density at radius 3 is 3.00 bits per heavy atom. The molecule has 3 rings (SSSR count). The molecule has 0 amide bonds. The predicted molar refractivity (Wildman–Crippen MR) is 88.7 cm³/mol. The smallest absolute Gasteiger partial charge is 0.124 e. The Hall–Kier alpha value is -1.59. The molecular formula is C17H22N2O2S. The third-order valence-corrected chi connectivity index (χ3v) is 4.47. The first-order valence-electron chi connectivity index (χ1n) is 7.68. The molecule has 0 aliphatic carbocycles. The van der Waals surface area contributed by atoms with Crippen LogP contribution in [0.4, 0.5) is 0 Å². The lowest BCUT2D eigenvalue weighted by Gasteiger charge is -2.18. The number of ether oxygens (including phenoxy) is 2. The third-order valence-electron chi connectivity index (χ3n) is 3.71. The first kappa shape index (κ1) is 15.3. The molecule has 5 heteroatoms. The fourth-order valence-corrected chi connectivity index (χ4v) is 3.50. The van der Waals surface area contributed by atoms with E-state index in [9.17, 15) is 0 Å². The van der Waals surface area contributed by atoms with Crippen molar-refractivity contribution in [1.82, 2.24) is 9.88 Å². The molecule has 0 radical (unpaired) electrons. The quantitative estimate of drug-likeness (QED) is 0.816. The first-order valence-corrected chi connectivity index (χ1v) is 8.55. The number of rotatable bonds is 6. The van der Waals surface area contributed by atoms with Gasteiger partial charge in [0, 0.05) is 35.7 Å². The lowest BCUT2D eigenvalue weighted by molar-refractivity contribution is 0.253. The summed E-state index contributed by atoms with van der Waals surface area (Å²) in [6.07, 6.45) is 3.07. The van der Waals surface area contributed by atoms with E-state index in [1.807, 2.05) is 18.5 Å². The van der Waals surface area contributed by atoms with Gasteiger partial charge in [0.25, 0.3) is 0 Å². The van der Waals surface area contributed by atoms with Crippen LogP contribution in [0.25, 0.3) is 0 Å². The number of hydrogen-bond acceptors (Lipinski definition) is 5. The van der Waals surface area contributed by atoms with Crippen LogP contribution in [0.15, 0.2) is 23.7 Å². The van der Waals surface area contributed by atoms with E-state index in [0.717, 1.165) is 36.0 Å². The molecule has 4 nitrogen and oxygen atoms in total. The minimum Gasteiger partial charge on any atom is -0.494 e. The maximum absolute atomic E-state index is 5.88. The van der Waals surface area contributed by atoms with Crippen molar-refractivity contribution in [3.63, 3.8) is 0 Å². The van der Waals surface area contributed by atoms with Crippen LogP contribution in [-0.4, -0.2) is 29.6 Å². The molecule has 1 aliphatic rings. The van der Waals surface area contributed by atoms with E-state index in [-0.39, 0.29) is 6.10 Å². The van der Waals surface area contributed by atoms with E-state index in [1.165, 1.54) is 11.1 Å². The zero-order valence-electron chi connectivity index (χ0n) is 13.3. The third kappa shape index (κ3) is 3.42. The highest BCUT2D eigenvalue weighted by atomic mass is 32.1. The zero-order valence-corrected chi connectivity index (χ0v) is 14.2. The van der Waals surface area contributed by atoms with Gasteiger partial charge in [-0.25, -0.2) is 4.98 Å². The Balaban J connectivity index is 1.78. The molecule has 0 N–H and O–H groups in total. The number of hydrogen-bond donors (Lipinski definition) is 0. The summed E-state index contributed by atoms with van der Waals surface area (Å²) in [5.74, 6) is 1.98. The van der Waals surface area contributed by atoms with Crippen molar-refractivity contribution >= 4 is 11.3 Å². The van der Waals surface area contributed by atoms with Crippen molar-refractivity contribution in [3.8, 4) is 11.5 Å². The molecular weight excluding hydrogens is 296 g/mol. The number of benzene rings is 1. The average Bonchev–Trinajstić information content (AvgIpc) is 3.07. The summed E-state index contributed by atoms with van der Waals surface area (Å²) in [5.41, 5.74) is 2.43. The summed E-state index contributed by atoms with van der Waals surface area (Å²) < 4.78 is 11.7. The lowest BCUT2D eigenvalue weighted by Crippen LogP contribution is -2.17. The van der Waals surface area contributed by atoms with Gasteiger partial charge in [-0.3, -0.25) is 4.90 Å². The summed E-state index contributed by atoms with van der Waals surface area (Å²) in [5, 5.41) is 3.14. The second-order valence-corrected chi connectivity index (χ2v) is 6.71. The Bertz CT molecular complexity index is 628. The van der Waals surface area contributed by atoms with Crippen molar-refractivity contribution in [3.05, 3.63) is 39.8 Å². The Morgan fingerprint density at radius 1 is 1.41 bits per heavy atom. The lowest BCUT2D eigenvalue weighted by atomic mass is 10.1. The Labute approximate surface area is 135 Å². The van der Waals surface area contributed by atoms with Gasteiger partial charge in [0.2, 0.25) is 0 Å². The highest BCUT2D eigenvalue weighted by molar-refractivity contribution is 7.09. The fourth-order valence-electron chi connectivity index (χ4n) is 2.80. The van der Waals surface area contributed by atoms with Gasteiger partial charge in [0.05, 0.1) is 13.2 Å². The molecule has 118 valence electrons. The number of aromatic nitrogens is 1. The van der Waals surface area contributed by atoms with Gasteiger partial charge >= 0.3 is 0 Å². The van der Waals surface area contributed by atoms with Gasteiger partial charge in [-0.2, -0.15) is 0 Å². The average molecular weight is 318 g/mol. The molecule has 1 unspecified atom stereocenters. The van der Waals surface area contributed by atoms with E-state index >= 15 is 0 Å². The topological polar surface area (TPSA) is 34.6 Å².